The first-order valence-electron chi connectivity index (χ1n) is 5.17. The van der Waals surface area contributed by atoms with E-state index < -0.39 is 9.84 Å². The molecule has 17 heavy (non-hydrogen) atoms. The molecule has 0 amide bonds. The molecule has 1 atom stereocenters. The zero-order chi connectivity index (χ0) is 12.9. The summed E-state index contributed by atoms with van der Waals surface area (Å²) in [6, 6.07) is 5.39. The second-order valence-electron chi connectivity index (χ2n) is 4.00. The van der Waals surface area contributed by atoms with E-state index in [2.05, 4.69) is 10.3 Å². The fourth-order valence-electron chi connectivity index (χ4n) is 1.48. The number of pyridine rings is 1. The lowest BCUT2D eigenvalue weighted by Crippen LogP contribution is -2.32. The van der Waals surface area contributed by atoms with Crippen molar-refractivity contribution in [3.8, 4) is 6.07 Å². The molecule has 0 aromatic carbocycles. The summed E-state index contributed by atoms with van der Waals surface area (Å²) in [7, 11) is -2.99. The van der Waals surface area contributed by atoms with E-state index >= 15 is 0 Å². The number of aromatic nitrogens is 1. The van der Waals surface area contributed by atoms with Gasteiger partial charge in [0, 0.05) is 30.6 Å². The van der Waals surface area contributed by atoms with Crippen LogP contribution in [-0.4, -0.2) is 31.5 Å². The first-order chi connectivity index (χ1) is 7.92. The molecule has 1 rings (SSSR count). The van der Waals surface area contributed by atoms with Crippen molar-refractivity contribution < 1.29 is 8.42 Å². The Morgan fingerprint density at radius 1 is 1.59 bits per heavy atom. The average molecular weight is 253 g/mol. The minimum atomic E-state index is -2.99. The fraction of sp³-hybridized carbons (Fsp3) is 0.455. The Bertz CT molecular complexity index is 520. The van der Waals surface area contributed by atoms with Gasteiger partial charge in [0.2, 0.25) is 0 Å². The van der Waals surface area contributed by atoms with E-state index in [1.165, 1.54) is 6.26 Å². The summed E-state index contributed by atoms with van der Waals surface area (Å²) in [5.41, 5.74) is 1.14. The van der Waals surface area contributed by atoms with E-state index in [1.54, 1.807) is 25.3 Å². The SMILES string of the molecule is CC(CS(C)(=O)=O)NCc1cccnc1C#N. The maximum absolute atomic E-state index is 11.1. The zero-order valence-corrected chi connectivity index (χ0v) is 10.7. The quantitative estimate of drug-likeness (QED) is 0.825. The summed E-state index contributed by atoms with van der Waals surface area (Å²) in [4.78, 5) is 3.93. The van der Waals surface area contributed by atoms with Gasteiger partial charge in [-0.05, 0) is 13.0 Å². The molecule has 1 unspecified atom stereocenters. The van der Waals surface area contributed by atoms with E-state index in [1.807, 2.05) is 6.07 Å². The van der Waals surface area contributed by atoms with Crippen molar-refractivity contribution in [3.05, 3.63) is 29.6 Å². The van der Waals surface area contributed by atoms with Crippen LogP contribution in [0.4, 0.5) is 0 Å². The molecule has 0 aliphatic heterocycles. The number of sulfone groups is 1. The molecule has 1 aromatic heterocycles. The molecule has 0 aliphatic carbocycles. The molecule has 0 saturated carbocycles. The van der Waals surface area contributed by atoms with Crippen molar-refractivity contribution in [1.82, 2.24) is 10.3 Å². The van der Waals surface area contributed by atoms with Crippen molar-refractivity contribution in [2.75, 3.05) is 12.0 Å². The van der Waals surface area contributed by atoms with Crippen LogP contribution < -0.4 is 5.32 Å². The van der Waals surface area contributed by atoms with Crippen LogP contribution in [0.1, 0.15) is 18.2 Å². The monoisotopic (exact) mass is 253 g/mol. The highest BCUT2D eigenvalue weighted by Gasteiger charge is 2.10. The molecule has 1 aromatic rings. The molecule has 1 heterocycles. The Morgan fingerprint density at radius 2 is 2.29 bits per heavy atom. The number of nitriles is 1. The average Bonchev–Trinajstić information content (AvgIpc) is 2.24. The van der Waals surface area contributed by atoms with Gasteiger partial charge in [-0.15, -0.1) is 0 Å². The number of hydrogen-bond acceptors (Lipinski definition) is 5. The standard InChI is InChI=1S/C11H15N3O2S/c1-9(8-17(2,15)16)14-7-10-4-3-5-13-11(10)6-12/h3-5,9,14H,7-8H2,1-2H3. The van der Waals surface area contributed by atoms with Crippen LogP contribution in [0.25, 0.3) is 0 Å². The van der Waals surface area contributed by atoms with Crippen molar-refractivity contribution in [3.63, 3.8) is 0 Å². The van der Waals surface area contributed by atoms with Gasteiger partial charge in [0.05, 0.1) is 5.75 Å². The Morgan fingerprint density at radius 3 is 2.88 bits per heavy atom. The lowest BCUT2D eigenvalue weighted by atomic mass is 10.2. The van der Waals surface area contributed by atoms with E-state index in [9.17, 15) is 8.42 Å². The van der Waals surface area contributed by atoms with Gasteiger partial charge < -0.3 is 5.32 Å². The lowest BCUT2D eigenvalue weighted by molar-refractivity contribution is 0.559. The first-order valence-corrected chi connectivity index (χ1v) is 7.23. The molecular formula is C11H15N3O2S. The second-order valence-corrected chi connectivity index (χ2v) is 6.18. The predicted octanol–water partition coefficient (Wildman–Crippen LogP) is 0.476. The smallest absolute Gasteiger partial charge is 0.148 e. The van der Waals surface area contributed by atoms with Gasteiger partial charge in [-0.1, -0.05) is 6.07 Å². The van der Waals surface area contributed by atoms with Crippen molar-refractivity contribution >= 4 is 9.84 Å². The Labute approximate surface area is 101 Å². The van der Waals surface area contributed by atoms with Crippen molar-refractivity contribution in [2.45, 2.75) is 19.5 Å². The molecule has 6 heteroatoms. The molecule has 0 aliphatic rings. The normalized spacial score (nSPS) is 13.0. The van der Waals surface area contributed by atoms with E-state index in [0.717, 1.165) is 5.56 Å². The van der Waals surface area contributed by atoms with Crippen LogP contribution in [0.3, 0.4) is 0 Å². The number of nitrogens with one attached hydrogen (secondary N) is 1. The Kier molecular flexibility index (Phi) is 4.61. The summed E-state index contributed by atoms with van der Waals surface area (Å²) in [5.74, 6) is 0.0785. The summed E-state index contributed by atoms with van der Waals surface area (Å²) >= 11 is 0. The van der Waals surface area contributed by atoms with E-state index in [4.69, 9.17) is 5.26 Å². The highest BCUT2D eigenvalue weighted by Crippen LogP contribution is 2.04. The molecule has 0 spiro atoms. The van der Waals surface area contributed by atoms with Crippen LogP contribution >= 0.6 is 0 Å². The highest BCUT2D eigenvalue weighted by molar-refractivity contribution is 7.90. The van der Waals surface area contributed by atoms with Gasteiger partial charge in [-0.2, -0.15) is 5.26 Å². The van der Waals surface area contributed by atoms with Crippen molar-refractivity contribution in [2.24, 2.45) is 0 Å². The second kappa shape index (κ2) is 5.75. The van der Waals surface area contributed by atoms with Crippen LogP contribution in [0.15, 0.2) is 18.3 Å². The summed E-state index contributed by atoms with van der Waals surface area (Å²) < 4.78 is 22.1. The molecule has 92 valence electrons. The molecular weight excluding hydrogens is 238 g/mol. The van der Waals surface area contributed by atoms with Crippen LogP contribution in [0.5, 0.6) is 0 Å². The van der Waals surface area contributed by atoms with Gasteiger partial charge in [0.15, 0.2) is 0 Å². The fourth-order valence-corrected chi connectivity index (χ4v) is 2.51. The minimum Gasteiger partial charge on any atom is -0.309 e. The van der Waals surface area contributed by atoms with Gasteiger partial charge in [0.1, 0.15) is 21.6 Å². The third-order valence-corrected chi connectivity index (χ3v) is 3.30. The Balaban J connectivity index is 2.59. The van der Waals surface area contributed by atoms with Gasteiger partial charge in [-0.3, -0.25) is 0 Å². The molecule has 0 radical (unpaired) electrons. The minimum absolute atomic E-state index is 0.0785. The molecule has 0 fully saturated rings. The molecule has 0 bridgehead atoms. The summed E-state index contributed by atoms with van der Waals surface area (Å²) in [6.07, 6.45) is 2.76. The third-order valence-electron chi connectivity index (χ3n) is 2.19. The predicted molar refractivity (Wildman–Crippen MR) is 65.0 cm³/mol. The van der Waals surface area contributed by atoms with Crippen LogP contribution in [0.2, 0.25) is 0 Å². The van der Waals surface area contributed by atoms with Gasteiger partial charge in [0.25, 0.3) is 0 Å². The largest absolute Gasteiger partial charge is 0.309 e. The summed E-state index contributed by atoms with van der Waals surface area (Å²) in [5, 5.41) is 11.9. The maximum Gasteiger partial charge on any atom is 0.148 e. The third kappa shape index (κ3) is 4.93. The lowest BCUT2D eigenvalue weighted by Gasteiger charge is -2.12. The van der Waals surface area contributed by atoms with E-state index in [-0.39, 0.29) is 11.8 Å². The molecule has 0 saturated heterocycles. The van der Waals surface area contributed by atoms with Gasteiger partial charge >= 0.3 is 0 Å². The van der Waals surface area contributed by atoms with Gasteiger partial charge in [-0.25, -0.2) is 13.4 Å². The Hall–Kier alpha value is -1.45. The number of hydrogen-bond donors (Lipinski definition) is 1. The molecule has 1 N–H and O–H groups in total. The molecule has 5 nitrogen and oxygen atoms in total. The topological polar surface area (TPSA) is 82.8 Å². The number of rotatable bonds is 5. The zero-order valence-electron chi connectivity index (χ0n) is 9.84. The maximum atomic E-state index is 11.1. The van der Waals surface area contributed by atoms with Crippen LogP contribution in [-0.2, 0) is 16.4 Å². The van der Waals surface area contributed by atoms with Crippen molar-refractivity contribution in [1.29, 1.82) is 5.26 Å². The van der Waals surface area contributed by atoms with E-state index in [0.29, 0.717) is 12.2 Å². The summed E-state index contributed by atoms with van der Waals surface area (Å²) in [6.45, 7) is 2.23. The highest BCUT2D eigenvalue weighted by atomic mass is 32.2. The number of nitrogens with zero attached hydrogens (tertiary/aromatic N) is 2. The first kappa shape index (κ1) is 13.6. The van der Waals surface area contributed by atoms with Crippen LogP contribution in [0, 0.1) is 11.3 Å².